The number of rotatable bonds is 3. The average molecular weight is 211 g/mol. The normalized spacial score (nSPS) is 9.44. The van der Waals surface area contributed by atoms with Crippen LogP contribution in [0.25, 0.3) is 0 Å². The number of nitriles is 1. The molecule has 0 aromatic carbocycles. The number of pyridine rings is 1. The van der Waals surface area contributed by atoms with E-state index in [2.05, 4.69) is 20.3 Å². The van der Waals surface area contributed by atoms with Crippen LogP contribution in [0, 0.1) is 11.3 Å². The molecular formula is C11H9N5. The maximum Gasteiger partial charge on any atom is 0.224 e. The Morgan fingerprint density at radius 3 is 2.88 bits per heavy atom. The van der Waals surface area contributed by atoms with Gasteiger partial charge in [0, 0.05) is 12.4 Å². The first-order chi connectivity index (χ1) is 7.88. The van der Waals surface area contributed by atoms with Crippen LogP contribution in [-0.4, -0.2) is 15.0 Å². The Bertz CT molecular complexity index is 503. The number of hydrogen-bond donors (Lipinski definition) is 1. The fourth-order valence-corrected chi connectivity index (χ4v) is 1.18. The third-order valence-corrected chi connectivity index (χ3v) is 1.92. The number of aromatic nitrogens is 3. The molecule has 78 valence electrons. The van der Waals surface area contributed by atoms with Crippen LogP contribution < -0.4 is 5.32 Å². The van der Waals surface area contributed by atoms with Crippen molar-refractivity contribution in [3.8, 4) is 6.07 Å². The van der Waals surface area contributed by atoms with E-state index in [0.717, 1.165) is 5.69 Å². The second-order valence-electron chi connectivity index (χ2n) is 3.05. The Hall–Kier alpha value is -2.48. The van der Waals surface area contributed by atoms with Crippen molar-refractivity contribution in [3.05, 3.63) is 48.0 Å². The lowest BCUT2D eigenvalue weighted by Gasteiger charge is -2.03. The molecule has 0 atom stereocenters. The topological polar surface area (TPSA) is 74.5 Å². The zero-order valence-corrected chi connectivity index (χ0v) is 8.46. The van der Waals surface area contributed by atoms with E-state index in [0.29, 0.717) is 18.2 Å². The summed E-state index contributed by atoms with van der Waals surface area (Å²) >= 11 is 0. The SMILES string of the molecule is N#Cc1ccnc(NCc2ccccn2)n1. The molecule has 16 heavy (non-hydrogen) atoms. The first-order valence-electron chi connectivity index (χ1n) is 4.75. The van der Waals surface area contributed by atoms with Gasteiger partial charge in [0.15, 0.2) is 0 Å². The van der Waals surface area contributed by atoms with Gasteiger partial charge in [-0.05, 0) is 18.2 Å². The Morgan fingerprint density at radius 1 is 1.19 bits per heavy atom. The second-order valence-corrected chi connectivity index (χ2v) is 3.05. The van der Waals surface area contributed by atoms with Crippen LogP contribution in [0.5, 0.6) is 0 Å². The Morgan fingerprint density at radius 2 is 2.12 bits per heavy atom. The highest BCUT2D eigenvalue weighted by Gasteiger charge is 1.98. The monoisotopic (exact) mass is 211 g/mol. The molecule has 0 aliphatic rings. The molecule has 5 nitrogen and oxygen atoms in total. The van der Waals surface area contributed by atoms with Crippen LogP contribution in [0.1, 0.15) is 11.4 Å². The molecule has 0 amide bonds. The largest absolute Gasteiger partial charge is 0.349 e. The quantitative estimate of drug-likeness (QED) is 0.829. The van der Waals surface area contributed by atoms with E-state index in [1.54, 1.807) is 18.5 Å². The molecule has 0 saturated heterocycles. The van der Waals surface area contributed by atoms with Crippen molar-refractivity contribution in [2.45, 2.75) is 6.54 Å². The highest BCUT2D eigenvalue weighted by molar-refractivity contribution is 5.30. The van der Waals surface area contributed by atoms with Crippen molar-refractivity contribution in [3.63, 3.8) is 0 Å². The van der Waals surface area contributed by atoms with Gasteiger partial charge in [-0.3, -0.25) is 4.98 Å². The van der Waals surface area contributed by atoms with Crippen LogP contribution in [0.2, 0.25) is 0 Å². The van der Waals surface area contributed by atoms with E-state index in [1.807, 2.05) is 24.3 Å². The summed E-state index contributed by atoms with van der Waals surface area (Å²) in [6.07, 6.45) is 3.27. The lowest BCUT2D eigenvalue weighted by Crippen LogP contribution is -2.05. The first-order valence-corrected chi connectivity index (χ1v) is 4.75. The summed E-state index contributed by atoms with van der Waals surface area (Å²) in [4.78, 5) is 12.1. The van der Waals surface area contributed by atoms with Gasteiger partial charge >= 0.3 is 0 Å². The van der Waals surface area contributed by atoms with Gasteiger partial charge in [0.25, 0.3) is 0 Å². The second kappa shape index (κ2) is 4.84. The minimum absolute atomic E-state index is 0.346. The molecule has 2 aromatic rings. The Kier molecular flexibility index (Phi) is 3.04. The predicted molar refractivity (Wildman–Crippen MR) is 58.3 cm³/mol. The molecule has 2 rings (SSSR count). The van der Waals surface area contributed by atoms with E-state index in [4.69, 9.17) is 5.26 Å². The van der Waals surface area contributed by atoms with Gasteiger partial charge in [-0.25, -0.2) is 9.97 Å². The summed E-state index contributed by atoms with van der Waals surface area (Å²) in [6, 6.07) is 9.19. The molecule has 0 unspecified atom stereocenters. The van der Waals surface area contributed by atoms with Gasteiger partial charge in [-0.15, -0.1) is 0 Å². The highest BCUT2D eigenvalue weighted by atomic mass is 15.1. The molecular weight excluding hydrogens is 202 g/mol. The summed E-state index contributed by atoms with van der Waals surface area (Å²) in [7, 11) is 0. The molecule has 0 radical (unpaired) electrons. The number of nitrogens with zero attached hydrogens (tertiary/aromatic N) is 4. The van der Waals surface area contributed by atoms with Crippen LogP contribution in [-0.2, 0) is 6.54 Å². The molecule has 0 bridgehead atoms. The van der Waals surface area contributed by atoms with Gasteiger partial charge in [0.1, 0.15) is 11.8 Å². The van der Waals surface area contributed by atoms with Crippen molar-refractivity contribution < 1.29 is 0 Å². The maximum absolute atomic E-state index is 8.67. The van der Waals surface area contributed by atoms with Gasteiger partial charge in [-0.2, -0.15) is 5.26 Å². The smallest absolute Gasteiger partial charge is 0.224 e. The van der Waals surface area contributed by atoms with Crippen molar-refractivity contribution in [1.29, 1.82) is 5.26 Å². The molecule has 2 aromatic heterocycles. The zero-order chi connectivity index (χ0) is 11.2. The maximum atomic E-state index is 8.67. The molecule has 1 N–H and O–H groups in total. The molecule has 0 spiro atoms. The van der Waals surface area contributed by atoms with Crippen LogP contribution in [0.4, 0.5) is 5.95 Å². The highest BCUT2D eigenvalue weighted by Crippen LogP contribution is 2.01. The van der Waals surface area contributed by atoms with Gasteiger partial charge in [0.05, 0.1) is 12.2 Å². The van der Waals surface area contributed by atoms with Crippen molar-refractivity contribution in [2.24, 2.45) is 0 Å². The van der Waals surface area contributed by atoms with Gasteiger partial charge in [-0.1, -0.05) is 6.07 Å². The first kappa shape index (κ1) is 10.1. The van der Waals surface area contributed by atoms with Gasteiger partial charge in [0.2, 0.25) is 5.95 Å². The summed E-state index contributed by atoms with van der Waals surface area (Å²) in [5.74, 6) is 0.435. The third kappa shape index (κ3) is 2.51. The van der Waals surface area contributed by atoms with E-state index in [1.165, 1.54) is 0 Å². The molecule has 0 fully saturated rings. The van der Waals surface area contributed by atoms with Crippen molar-refractivity contribution >= 4 is 5.95 Å². The molecule has 0 saturated carbocycles. The number of hydrogen-bond acceptors (Lipinski definition) is 5. The summed E-state index contributed by atoms with van der Waals surface area (Å²) < 4.78 is 0. The summed E-state index contributed by atoms with van der Waals surface area (Å²) in [5.41, 5.74) is 1.24. The Labute approximate surface area is 92.8 Å². The van der Waals surface area contributed by atoms with E-state index in [-0.39, 0.29) is 0 Å². The van der Waals surface area contributed by atoms with E-state index < -0.39 is 0 Å². The number of nitrogens with one attached hydrogen (secondary N) is 1. The zero-order valence-electron chi connectivity index (χ0n) is 8.46. The Balaban J connectivity index is 2.03. The summed E-state index contributed by atoms with van der Waals surface area (Å²) in [5, 5.41) is 11.7. The van der Waals surface area contributed by atoms with E-state index >= 15 is 0 Å². The van der Waals surface area contributed by atoms with E-state index in [9.17, 15) is 0 Å². The molecule has 0 aliphatic carbocycles. The minimum atomic E-state index is 0.346. The van der Waals surface area contributed by atoms with Crippen LogP contribution >= 0.6 is 0 Å². The molecule has 2 heterocycles. The molecule has 0 aliphatic heterocycles. The number of anilines is 1. The van der Waals surface area contributed by atoms with Crippen LogP contribution in [0.3, 0.4) is 0 Å². The standard InChI is InChI=1S/C11H9N5/c12-7-9-4-6-14-11(16-9)15-8-10-3-1-2-5-13-10/h1-6H,8H2,(H,14,15,16). The molecule has 5 heteroatoms. The van der Waals surface area contributed by atoms with Crippen molar-refractivity contribution in [2.75, 3.05) is 5.32 Å². The predicted octanol–water partition coefficient (Wildman–Crippen LogP) is 1.36. The third-order valence-electron chi connectivity index (χ3n) is 1.92. The van der Waals surface area contributed by atoms with Crippen molar-refractivity contribution in [1.82, 2.24) is 15.0 Å². The summed E-state index contributed by atoms with van der Waals surface area (Å²) in [6.45, 7) is 0.537. The fraction of sp³-hybridized carbons (Fsp3) is 0.0909. The minimum Gasteiger partial charge on any atom is -0.349 e. The van der Waals surface area contributed by atoms with Crippen LogP contribution in [0.15, 0.2) is 36.7 Å². The lowest BCUT2D eigenvalue weighted by atomic mass is 10.3. The lowest BCUT2D eigenvalue weighted by molar-refractivity contribution is 0.997. The average Bonchev–Trinajstić information content (AvgIpc) is 2.38. The fourth-order valence-electron chi connectivity index (χ4n) is 1.18. The van der Waals surface area contributed by atoms with Gasteiger partial charge < -0.3 is 5.32 Å².